The highest BCUT2D eigenvalue weighted by molar-refractivity contribution is 7.99. The zero-order valence-corrected chi connectivity index (χ0v) is 21.5. The van der Waals surface area contributed by atoms with Gasteiger partial charge in [0.15, 0.2) is 0 Å². The summed E-state index contributed by atoms with van der Waals surface area (Å²) in [7, 11) is 0. The number of aromatic hydroxyl groups is 1. The molecule has 0 amide bonds. The van der Waals surface area contributed by atoms with Gasteiger partial charge in [-0.25, -0.2) is 0 Å². The number of nitrogens with one attached hydrogen (secondary N) is 1. The Morgan fingerprint density at radius 1 is 0.938 bits per heavy atom. The van der Waals surface area contributed by atoms with Crippen molar-refractivity contribution in [1.29, 1.82) is 0 Å². The van der Waals surface area contributed by atoms with Crippen LogP contribution < -0.4 is 10.1 Å². The first-order valence-electron chi connectivity index (χ1n) is 12.5. The van der Waals surface area contributed by atoms with E-state index in [0.717, 1.165) is 87.3 Å². The summed E-state index contributed by atoms with van der Waals surface area (Å²) in [4.78, 5) is 1.25. The van der Waals surface area contributed by atoms with Crippen molar-refractivity contribution in [2.45, 2.75) is 90.5 Å². The molecule has 0 radical (unpaired) electrons. The maximum Gasteiger partial charge on any atom is 0.135 e. The zero-order valence-electron chi connectivity index (χ0n) is 20.6. The lowest BCUT2D eigenvalue weighted by atomic mass is 9.97. The number of benzene rings is 2. The third-order valence-corrected chi connectivity index (χ3v) is 6.88. The van der Waals surface area contributed by atoms with Crippen molar-refractivity contribution in [3.8, 4) is 11.5 Å². The number of aryl methyl sites for hydroxylation is 3. The minimum Gasteiger partial charge on any atom is -0.507 e. The molecule has 0 aromatic heterocycles. The van der Waals surface area contributed by atoms with Crippen LogP contribution in [0.1, 0.15) is 81.5 Å². The Morgan fingerprint density at radius 3 is 2.25 bits per heavy atom. The van der Waals surface area contributed by atoms with Crippen LogP contribution in [0.15, 0.2) is 35.2 Å². The molecular formula is C28H43NO2S. The molecule has 3 nitrogen and oxygen atoms in total. The van der Waals surface area contributed by atoms with Crippen molar-refractivity contribution >= 4 is 11.8 Å². The molecule has 4 heteroatoms. The third kappa shape index (κ3) is 8.71. The number of ether oxygens (including phenoxy) is 1. The maximum atomic E-state index is 10.7. The van der Waals surface area contributed by atoms with E-state index in [9.17, 15) is 5.11 Å². The summed E-state index contributed by atoms with van der Waals surface area (Å²) in [5.74, 6) is 2.69. The molecule has 2 rings (SSSR count). The van der Waals surface area contributed by atoms with E-state index < -0.39 is 0 Å². The normalized spacial score (nSPS) is 11.1. The highest BCUT2D eigenvalue weighted by Crippen LogP contribution is 2.33. The standard InChI is InChI=1S/C28H43NO2S/c1-5-8-13-24-19-23(20-25(27(24)30)14-9-6-2)21-29-16-11-17-31-28-22(4)12-10-15-26(28)32-18-7-3/h10,12,15,19-20,29-30H,5-9,11,13-14,16-18,21H2,1-4H3. The highest BCUT2D eigenvalue weighted by Gasteiger charge is 2.10. The Morgan fingerprint density at radius 2 is 1.62 bits per heavy atom. The van der Waals surface area contributed by atoms with Crippen LogP contribution in [-0.2, 0) is 19.4 Å². The second-order valence-corrected chi connectivity index (χ2v) is 9.74. The fourth-order valence-corrected chi connectivity index (χ4v) is 4.74. The summed E-state index contributed by atoms with van der Waals surface area (Å²) in [6.07, 6.45) is 8.57. The zero-order chi connectivity index (χ0) is 23.2. The summed E-state index contributed by atoms with van der Waals surface area (Å²) >= 11 is 1.88. The Bertz CT molecular complexity index is 777. The first-order chi connectivity index (χ1) is 15.6. The average Bonchev–Trinajstić information content (AvgIpc) is 2.80. The lowest BCUT2D eigenvalue weighted by Crippen LogP contribution is -2.17. The second-order valence-electron chi connectivity index (χ2n) is 8.60. The van der Waals surface area contributed by atoms with E-state index in [1.54, 1.807) is 0 Å². The molecule has 0 saturated heterocycles. The average molecular weight is 458 g/mol. The molecule has 0 atom stereocenters. The van der Waals surface area contributed by atoms with Crippen LogP contribution in [0.2, 0.25) is 0 Å². The Labute approximate surface area is 200 Å². The topological polar surface area (TPSA) is 41.5 Å². The Hall–Kier alpha value is -1.65. The molecular weight excluding hydrogens is 414 g/mol. The molecule has 0 saturated carbocycles. The van der Waals surface area contributed by atoms with E-state index in [-0.39, 0.29) is 0 Å². The van der Waals surface area contributed by atoms with Gasteiger partial charge in [-0.1, -0.05) is 57.9 Å². The number of para-hydroxylation sites is 1. The van der Waals surface area contributed by atoms with Crippen molar-refractivity contribution in [2.24, 2.45) is 0 Å². The van der Waals surface area contributed by atoms with Gasteiger partial charge in [0.2, 0.25) is 0 Å². The van der Waals surface area contributed by atoms with Gasteiger partial charge < -0.3 is 15.2 Å². The van der Waals surface area contributed by atoms with Crippen molar-refractivity contribution in [2.75, 3.05) is 18.9 Å². The molecule has 178 valence electrons. The quantitative estimate of drug-likeness (QED) is 0.203. The van der Waals surface area contributed by atoms with Crippen LogP contribution in [0.25, 0.3) is 0 Å². The van der Waals surface area contributed by atoms with Crippen LogP contribution in [-0.4, -0.2) is 24.0 Å². The smallest absolute Gasteiger partial charge is 0.135 e. The highest BCUT2D eigenvalue weighted by atomic mass is 32.2. The van der Waals surface area contributed by atoms with Gasteiger partial charge in [-0.3, -0.25) is 0 Å². The summed E-state index contributed by atoms with van der Waals surface area (Å²) in [5.41, 5.74) is 4.70. The molecule has 2 N–H and O–H groups in total. The minimum atomic E-state index is 0.527. The monoisotopic (exact) mass is 457 g/mol. The number of phenols is 1. The van der Waals surface area contributed by atoms with Crippen molar-refractivity contribution in [3.63, 3.8) is 0 Å². The van der Waals surface area contributed by atoms with E-state index in [4.69, 9.17) is 4.74 Å². The molecule has 0 heterocycles. The van der Waals surface area contributed by atoms with Crippen LogP contribution >= 0.6 is 11.8 Å². The lowest BCUT2D eigenvalue weighted by Gasteiger charge is -2.15. The summed E-state index contributed by atoms with van der Waals surface area (Å²) in [6.45, 7) is 11.2. The molecule has 0 bridgehead atoms. The van der Waals surface area contributed by atoms with Crippen molar-refractivity contribution in [1.82, 2.24) is 5.32 Å². The second kappa shape index (κ2) is 15.2. The SMILES string of the molecule is CCCCc1cc(CNCCCOc2c(C)cccc2SCCC)cc(CCCC)c1O. The van der Waals surface area contributed by atoms with Gasteiger partial charge in [-0.15, -0.1) is 11.8 Å². The number of hydrogen-bond acceptors (Lipinski definition) is 4. The molecule has 2 aromatic carbocycles. The third-order valence-electron chi connectivity index (χ3n) is 5.64. The summed E-state index contributed by atoms with van der Waals surface area (Å²) < 4.78 is 6.17. The fraction of sp³-hybridized carbons (Fsp3) is 0.571. The largest absolute Gasteiger partial charge is 0.507 e. The number of unbranched alkanes of at least 4 members (excludes halogenated alkanes) is 2. The first-order valence-corrected chi connectivity index (χ1v) is 13.5. The van der Waals surface area contributed by atoms with E-state index >= 15 is 0 Å². The van der Waals surface area contributed by atoms with Crippen molar-refractivity contribution < 1.29 is 9.84 Å². The van der Waals surface area contributed by atoms with Gasteiger partial charge in [0.05, 0.1) is 6.61 Å². The lowest BCUT2D eigenvalue weighted by molar-refractivity contribution is 0.299. The van der Waals surface area contributed by atoms with Crippen LogP contribution in [0.5, 0.6) is 11.5 Å². The van der Waals surface area contributed by atoms with E-state index in [1.165, 1.54) is 22.4 Å². The molecule has 0 fully saturated rings. The predicted octanol–water partition coefficient (Wildman–Crippen LogP) is 7.45. The summed E-state index contributed by atoms with van der Waals surface area (Å²) in [5, 5.41) is 14.2. The molecule has 0 aliphatic rings. The molecule has 2 aromatic rings. The number of hydrogen-bond donors (Lipinski definition) is 2. The van der Waals surface area contributed by atoms with Gasteiger partial charge in [-0.2, -0.15) is 0 Å². The maximum absolute atomic E-state index is 10.7. The Kier molecular flexibility index (Phi) is 12.7. The van der Waals surface area contributed by atoms with E-state index in [1.807, 2.05) is 11.8 Å². The van der Waals surface area contributed by atoms with Crippen LogP contribution in [0.4, 0.5) is 0 Å². The van der Waals surface area contributed by atoms with Gasteiger partial charge in [0.25, 0.3) is 0 Å². The molecule has 0 unspecified atom stereocenters. The fourth-order valence-electron chi connectivity index (χ4n) is 3.79. The first kappa shape index (κ1) is 26.6. The Balaban J connectivity index is 1.86. The van der Waals surface area contributed by atoms with Gasteiger partial charge >= 0.3 is 0 Å². The number of thioether (sulfide) groups is 1. The minimum absolute atomic E-state index is 0.527. The molecule has 32 heavy (non-hydrogen) atoms. The summed E-state index contributed by atoms with van der Waals surface area (Å²) in [6, 6.07) is 10.8. The van der Waals surface area contributed by atoms with Gasteiger partial charge in [-0.05, 0) is 86.1 Å². The van der Waals surface area contributed by atoms with Crippen LogP contribution in [0.3, 0.4) is 0 Å². The number of phenolic OH excluding ortho intramolecular Hbond substituents is 1. The molecule has 0 aliphatic carbocycles. The van der Waals surface area contributed by atoms with Crippen molar-refractivity contribution in [3.05, 3.63) is 52.6 Å². The number of rotatable bonds is 16. The van der Waals surface area contributed by atoms with Gasteiger partial charge in [0.1, 0.15) is 11.5 Å². The molecule has 0 aliphatic heterocycles. The van der Waals surface area contributed by atoms with E-state index in [0.29, 0.717) is 5.75 Å². The predicted molar refractivity (Wildman–Crippen MR) is 139 cm³/mol. The van der Waals surface area contributed by atoms with E-state index in [2.05, 4.69) is 63.3 Å². The van der Waals surface area contributed by atoms with Crippen LogP contribution in [0, 0.1) is 6.92 Å². The van der Waals surface area contributed by atoms with Gasteiger partial charge in [0, 0.05) is 11.4 Å². The molecule has 0 spiro atoms.